The Labute approximate surface area is 168 Å². The molecule has 0 aliphatic carbocycles. The van der Waals surface area contributed by atoms with Crippen LogP contribution in [0.15, 0.2) is 54.7 Å². The van der Waals surface area contributed by atoms with Gasteiger partial charge in [-0.1, -0.05) is 36.1 Å². The first-order valence-corrected chi connectivity index (χ1v) is 9.92. The summed E-state index contributed by atoms with van der Waals surface area (Å²) in [5.41, 5.74) is 11.2. The van der Waals surface area contributed by atoms with E-state index in [4.69, 9.17) is 10.5 Å². The molecule has 2 aromatic carbocycles. The van der Waals surface area contributed by atoms with Gasteiger partial charge in [0.05, 0.1) is 18.3 Å². The third-order valence-electron chi connectivity index (χ3n) is 4.80. The Hall–Kier alpha value is -2.90. The Morgan fingerprint density at radius 2 is 2.07 bits per heavy atom. The number of nitrogens with two attached hydrogens (primary N) is 1. The van der Waals surface area contributed by atoms with Crippen LogP contribution in [0.1, 0.15) is 36.0 Å². The minimum Gasteiger partial charge on any atom is -0.397 e. The van der Waals surface area contributed by atoms with Gasteiger partial charge in [-0.25, -0.2) is 0 Å². The number of hydrogen-bond acceptors (Lipinski definition) is 4. The molecule has 1 atom stereocenters. The molecule has 4 heteroatoms. The Morgan fingerprint density at radius 3 is 2.82 bits per heavy atom. The van der Waals surface area contributed by atoms with E-state index in [1.807, 2.05) is 48.7 Å². The van der Waals surface area contributed by atoms with Crippen molar-refractivity contribution in [3.63, 3.8) is 0 Å². The molecule has 1 saturated heterocycles. The average Bonchev–Trinajstić information content (AvgIpc) is 2.73. The average molecular weight is 376 g/mol. The molecule has 1 fully saturated rings. The first-order chi connectivity index (χ1) is 13.7. The van der Waals surface area contributed by atoms with E-state index in [1.54, 1.807) is 0 Å². The monoisotopic (exact) mass is 375 g/mol. The van der Waals surface area contributed by atoms with Crippen molar-refractivity contribution < 1.29 is 4.74 Å². The largest absolute Gasteiger partial charge is 0.397 e. The van der Waals surface area contributed by atoms with Crippen LogP contribution < -0.4 is 16.4 Å². The number of hydrogen-bond donors (Lipinski definition) is 3. The zero-order chi connectivity index (χ0) is 19.6. The topological polar surface area (TPSA) is 59.3 Å². The summed E-state index contributed by atoms with van der Waals surface area (Å²) in [6.07, 6.45) is 5.71. The molecule has 4 nitrogen and oxygen atoms in total. The quantitative estimate of drug-likeness (QED) is 0.671. The zero-order valence-corrected chi connectivity index (χ0v) is 16.5. The second-order valence-electron chi connectivity index (χ2n) is 7.05. The third-order valence-corrected chi connectivity index (χ3v) is 4.80. The van der Waals surface area contributed by atoms with Crippen molar-refractivity contribution in [1.29, 1.82) is 0 Å². The van der Waals surface area contributed by atoms with Gasteiger partial charge in [0.15, 0.2) is 0 Å². The van der Waals surface area contributed by atoms with Crippen molar-refractivity contribution >= 4 is 11.4 Å². The van der Waals surface area contributed by atoms with Crippen LogP contribution in [-0.2, 0) is 4.74 Å². The normalized spacial score (nSPS) is 16.8. The first-order valence-electron chi connectivity index (χ1n) is 9.92. The second kappa shape index (κ2) is 10.4. The fourth-order valence-electron chi connectivity index (χ4n) is 3.26. The molecule has 0 saturated carbocycles. The number of anilines is 1. The summed E-state index contributed by atoms with van der Waals surface area (Å²) < 4.78 is 5.73. The van der Waals surface area contributed by atoms with E-state index in [0.717, 1.165) is 47.6 Å². The lowest BCUT2D eigenvalue weighted by Gasteiger charge is -2.22. The molecular formula is C24H29N3O. The maximum atomic E-state index is 6.26. The van der Waals surface area contributed by atoms with Crippen LogP contribution in [-0.4, -0.2) is 25.8 Å². The van der Waals surface area contributed by atoms with Crippen molar-refractivity contribution in [1.82, 2.24) is 5.32 Å². The highest BCUT2D eigenvalue weighted by Crippen LogP contribution is 2.16. The third kappa shape index (κ3) is 6.07. The fraction of sp³-hybridized carbons (Fsp3) is 0.333. The SMILES string of the molecule is Cc1cc(C#CCNc2ccccc2)ccc1/C(N)=C/NCC1CCCCO1. The molecule has 0 aromatic heterocycles. The number of benzene rings is 2. The molecule has 1 unspecified atom stereocenters. The lowest BCUT2D eigenvalue weighted by Crippen LogP contribution is -2.29. The summed E-state index contributed by atoms with van der Waals surface area (Å²) in [6, 6.07) is 16.2. The van der Waals surface area contributed by atoms with Gasteiger partial charge in [-0.05, 0) is 56.0 Å². The van der Waals surface area contributed by atoms with Crippen molar-refractivity contribution in [3.8, 4) is 11.8 Å². The van der Waals surface area contributed by atoms with Gasteiger partial charge in [-0.2, -0.15) is 0 Å². The zero-order valence-electron chi connectivity index (χ0n) is 16.5. The van der Waals surface area contributed by atoms with Crippen LogP contribution in [0.4, 0.5) is 5.69 Å². The molecule has 2 aromatic rings. The van der Waals surface area contributed by atoms with Gasteiger partial charge in [0, 0.05) is 36.2 Å². The van der Waals surface area contributed by atoms with E-state index < -0.39 is 0 Å². The minimum absolute atomic E-state index is 0.293. The number of rotatable bonds is 6. The Balaban J connectivity index is 1.52. The van der Waals surface area contributed by atoms with Gasteiger partial charge in [0.25, 0.3) is 0 Å². The lowest BCUT2D eigenvalue weighted by atomic mass is 10.0. The molecule has 0 bridgehead atoms. The number of para-hydroxylation sites is 1. The summed E-state index contributed by atoms with van der Waals surface area (Å²) in [4.78, 5) is 0. The number of ether oxygens (including phenoxy) is 1. The van der Waals surface area contributed by atoms with Crippen LogP contribution in [0.25, 0.3) is 5.70 Å². The first kappa shape index (κ1) is 19.9. The summed E-state index contributed by atoms with van der Waals surface area (Å²) in [7, 11) is 0. The number of aryl methyl sites for hydroxylation is 1. The van der Waals surface area contributed by atoms with E-state index in [2.05, 4.69) is 35.5 Å². The van der Waals surface area contributed by atoms with Crippen molar-refractivity contribution in [3.05, 3.63) is 71.4 Å². The van der Waals surface area contributed by atoms with E-state index in [9.17, 15) is 0 Å². The van der Waals surface area contributed by atoms with Gasteiger partial charge >= 0.3 is 0 Å². The van der Waals surface area contributed by atoms with Gasteiger partial charge < -0.3 is 21.1 Å². The molecule has 1 aliphatic rings. The molecule has 0 amide bonds. The Morgan fingerprint density at radius 1 is 1.21 bits per heavy atom. The molecule has 0 radical (unpaired) electrons. The summed E-state index contributed by atoms with van der Waals surface area (Å²) in [5, 5.41) is 6.59. The van der Waals surface area contributed by atoms with Gasteiger partial charge in [-0.3, -0.25) is 0 Å². The van der Waals surface area contributed by atoms with Crippen molar-refractivity contribution in [2.24, 2.45) is 5.73 Å². The highest BCUT2D eigenvalue weighted by molar-refractivity contribution is 5.66. The molecule has 28 heavy (non-hydrogen) atoms. The van der Waals surface area contributed by atoms with E-state index in [0.29, 0.717) is 12.6 Å². The predicted octanol–water partition coefficient (Wildman–Crippen LogP) is 3.87. The van der Waals surface area contributed by atoms with Gasteiger partial charge in [0.2, 0.25) is 0 Å². The summed E-state index contributed by atoms with van der Waals surface area (Å²) >= 11 is 0. The van der Waals surface area contributed by atoms with E-state index >= 15 is 0 Å². The van der Waals surface area contributed by atoms with Gasteiger partial charge in [-0.15, -0.1) is 0 Å². The number of nitrogens with one attached hydrogen (secondary N) is 2. The standard InChI is InChI=1S/C24H29N3O/c1-19-16-20(8-7-14-27-21-9-3-2-4-10-21)12-13-23(19)24(25)18-26-17-22-11-5-6-15-28-22/h2-4,9-10,12-13,16,18,22,26-27H,5-6,11,14-15,17,25H2,1H3/b24-18-. The van der Waals surface area contributed by atoms with E-state index in [-0.39, 0.29) is 0 Å². The highest BCUT2D eigenvalue weighted by Gasteiger charge is 2.12. The van der Waals surface area contributed by atoms with Crippen LogP contribution in [0.5, 0.6) is 0 Å². The molecule has 3 rings (SSSR count). The van der Waals surface area contributed by atoms with Crippen LogP contribution in [0.2, 0.25) is 0 Å². The highest BCUT2D eigenvalue weighted by atomic mass is 16.5. The molecule has 1 aliphatic heterocycles. The minimum atomic E-state index is 0.293. The fourth-order valence-corrected chi connectivity index (χ4v) is 3.26. The predicted molar refractivity (Wildman–Crippen MR) is 117 cm³/mol. The van der Waals surface area contributed by atoms with Crippen LogP contribution in [0, 0.1) is 18.8 Å². The van der Waals surface area contributed by atoms with Gasteiger partial charge in [0.1, 0.15) is 0 Å². The second-order valence-corrected chi connectivity index (χ2v) is 7.05. The molecule has 1 heterocycles. The molecular weight excluding hydrogens is 346 g/mol. The lowest BCUT2D eigenvalue weighted by molar-refractivity contribution is 0.0188. The van der Waals surface area contributed by atoms with Crippen molar-refractivity contribution in [2.45, 2.75) is 32.3 Å². The Bertz CT molecular complexity index is 843. The summed E-state index contributed by atoms with van der Waals surface area (Å²) in [5.74, 6) is 6.37. The van der Waals surface area contributed by atoms with E-state index in [1.165, 1.54) is 12.8 Å². The smallest absolute Gasteiger partial charge is 0.0769 e. The molecule has 0 spiro atoms. The summed E-state index contributed by atoms with van der Waals surface area (Å²) in [6.45, 7) is 4.35. The van der Waals surface area contributed by atoms with Crippen LogP contribution in [0.3, 0.4) is 0 Å². The molecule has 4 N–H and O–H groups in total. The van der Waals surface area contributed by atoms with Crippen molar-refractivity contribution in [2.75, 3.05) is 25.0 Å². The maximum Gasteiger partial charge on any atom is 0.0769 e. The van der Waals surface area contributed by atoms with Crippen LogP contribution >= 0.6 is 0 Å². The maximum absolute atomic E-state index is 6.26. The molecule has 146 valence electrons. The Kier molecular flexibility index (Phi) is 7.40.